The van der Waals surface area contributed by atoms with Crippen LogP contribution in [0.2, 0.25) is 5.02 Å². The van der Waals surface area contributed by atoms with Crippen molar-refractivity contribution in [1.82, 2.24) is 5.32 Å². The summed E-state index contributed by atoms with van der Waals surface area (Å²) in [5.41, 5.74) is 0.695. The second kappa shape index (κ2) is 5.18. The molecule has 100 valence electrons. The molecule has 0 spiro atoms. The number of hydrogen-bond acceptors (Lipinski definition) is 1. The fraction of sp³-hybridized carbons (Fsp3) is 0.600. The van der Waals surface area contributed by atoms with Gasteiger partial charge in [-0.1, -0.05) is 44.5 Å². The van der Waals surface area contributed by atoms with Crippen LogP contribution >= 0.6 is 11.6 Å². The summed E-state index contributed by atoms with van der Waals surface area (Å²) < 4.78 is 14.3. The summed E-state index contributed by atoms with van der Waals surface area (Å²) in [6, 6.07) is 5.77. The summed E-state index contributed by atoms with van der Waals surface area (Å²) >= 11 is 5.92. The molecule has 1 aliphatic rings. The van der Waals surface area contributed by atoms with Crippen molar-refractivity contribution in [3.8, 4) is 0 Å². The van der Waals surface area contributed by atoms with E-state index in [4.69, 9.17) is 11.6 Å². The van der Waals surface area contributed by atoms with Crippen LogP contribution in [0, 0.1) is 11.7 Å². The molecule has 0 aromatic heterocycles. The van der Waals surface area contributed by atoms with Gasteiger partial charge in [0.05, 0.1) is 5.02 Å². The molecule has 3 heteroatoms. The van der Waals surface area contributed by atoms with E-state index in [2.05, 4.69) is 26.1 Å². The van der Waals surface area contributed by atoms with Crippen LogP contribution in [0.15, 0.2) is 18.2 Å². The molecule has 1 aromatic rings. The number of halogens is 2. The summed E-state index contributed by atoms with van der Waals surface area (Å²) in [4.78, 5) is 0. The lowest BCUT2D eigenvalue weighted by molar-refractivity contribution is 0.126. The van der Waals surface area contributed by atoms with E-state index in [0.29, 0.717) is 12.0 Å². The third-order valence-corrected chi connectivity index (χ3v) is 4.57. The normalized spacial score (nSPS) is 27.3. The highest BCUT2D eigenvalue weighted by Crippen LogP contribution is 2.49. The van der Waals surface area contributed by atoms with Crippen molar-refractivity contribution >= 4 is 11.6 Å². The van der Waals surface area contributed by atoms with Crippen LogP contribution in [-0.2, 0) is 5.41 Å². The molecule has 2 atom stereocenters. The van der Waals surface area contributed by atoms with Crippen LogP contribution in [0.1, 0.15) is 39.2 Å². The van der Waals surface area contributed by atoms with Gasteiger partial charge in [-0.25, -0.2) is 4.39 Å². The first kappa shape index (κ1) is 13.8. The van der Waals surface area contributed by atoms with Crippen molar-refractivity contribution in [2.24, 2.45) is 5.92 Å². The zero-order valence-corrected chi connectivity index (χ0v) is 12.0. The number of rotatable bonds is 4. The Kier molecular flexibility index (Phi) is 3.98. The molecule has 0 aliphatic heterocycles. The molecule has 1 N–H and O–H groups in total. The largest absolute Gasteiger partial charge is 0.314 e. The molecule has 1 aromatic carbocycles. The van der Waals surface area contributed by atoms with Crippen LogP contribution in [-0.4, -0.2) is 12.6 Å². The van der Waals surface area contributed by atoms with E-state index in [1.165, 1.54) is 0 Å². The Morgan fingerprint density at radius 1 is 1.50 bits per heavy atom. The van der Waals surface area contributed by atoms with E-state index in [1.807, 2.05) is 12.1 Å². The minimum Gasteiger partial charge on any atom is -0.314 e. The summed E-state index contributed by atoms with van der Waals surface area (Å²) in [5.74, 6) is 0.257. The monoisotopic (exact) mass is 269 g/mol. The smallest absolute Gasteiger partial charge is 0.145 e. The zero-order chi connectivity index (χ0) is 13.3. The van der Waals surface area contributed by atoms with Crippen molar-refractivity contribution in [3.05, 3.63) is 34.6 Å². The van der Waals surface area contributed by atoms with Crippen molar-refractivity contribution in [2.75, 3.05) is 6.54 Å². The van der Waals surface area contributed by atoms with Gasteiger partial charge in [0.1, 0.15) is 5.82 Å². The van der Waals surface area contributed by atoms with Gasteiger partial charge in [0, 0.05) is 18.0 Å². The number of benzene rings is 1. The second-order valence-electron chi connectivity index (χ2n) is 5.73. The average Bonchev–Trinajstić information content (AvgIpc) is 2.32. The molecule has 0 heterocycles. The molecule has 0 radical (unpaired) electrons. The van der Waals surface area contributed by atoms with E-state index in [-0.39, 0.29) is 16.3 Å². The maximum atomic E-state index is 14.3. The van der Waals surface area contributed by atoms with Gasteiger partial charge in [0.25, 0.3) is 0 Å². The minimum absolute atomic E-state index is 0.0841. The van der Waals surface area contributed by atoms with E-state index in [9.17, 15) is 4.39 Å². The minimum atomic E-state index is -0.240. The molecular formula is C15H21ClFN. The highest BCUT2D eigenvalue weighted by molar-refractivity contribution is 6.30. The molecule has 1 nitrogen and oxygen atoms in total. The maximum absolute atomic E-state index is 14.3. The van der Waals surface area contributed by atoms with Gasteiger partial charge >= 0.3 is 0 Å². The van der Waals surface area contributed by atoms with Gasteiger partial charge in [-0.2, -0.15) is 0 Å². The topological polar surface area (TPSA) is 12.0 Å². The van der Waals surface area contributed by atoms with Gasteiger partial charge in [-0.05, 0) is 30.4 Å². The van der Waals surface area contributed by atoms with Crippen LogP contribution < -0.4 is 5.32 Å². The summed E-state index contributed by atoms with van der Waals surface area (Å²) in [5, 5.41) is 3.69. The van der Waals surface area contributed by atoms with Crippen molar-refractivity contribution in [1.29, 1.82) is 0 Å². The Balaban J connectivity index is 2.33. The average molecular weight is 270 g/mol. The standard InChI is InChI=1S/C15H21ClFN/c1-10(2)18-9-15(8-7-11(15)3)12-5-4-6-13(16)14(12)17/h4-6,10-11,18H,7-9H2,1-3H3. The van der Waals surface area contributed by atoms with E-state index in [0.717, 1.165) is 24.9 Å². The van der Waals surface area contributed by atoms with Crippen molar-refractivity contribution in [3.63, 3.8) is 0 Å². The Bertz CT molecular complexity index is 433. The molecule has 0 saturated heterocycles. The lowest BCUT2D eigenvalue weighted by Crippen LogP contribution is -2.51. The molecular weight excluding hydrogens is 249 g/mol. The predicted octanol–water partition coefficient (Wildman–Crippen LogP) is 4.14. The third-order valence-electron chi connectivity index (χ3n) is 4.28. The molecule has 1 fully saturated rings. The Morgan fingerprint density at radius 3 is 2.72 bits per heavy atom. The summed E-state index contributed by atoms with van der Waals surface area (Å²) in [6.45, 7) is 7.26. The Hall–Kier alpha value is -0.600. The zero-order valence-electron chi connectivity index (χ0n) is 11.3. The van der Waals surface area contributed by atoms with Gasteiger partial charge in [-0.3, -0.25) is 0 Å². The van der Waals surface area contributed by atoms with Crippen LogP contribution in [0.3, 0.4) is 0 Å². The molecule has 1 saturated carbocycles. The first-order valence-corrected chi connectivity index (χ1v) is 7.03. The SMILES string of the molecule is CC(C)NCC1(c2cccc(Cl)c2F)CCC1C. The fourth-order valence-electron chi connectivity index (χ4n) is 2.81. The van der Waals surface area contributed by atoms with Crippen LogP contribution in [0.4, 0.5) is 4.39 Å². The van der Waals surface area contributed by atoms with Crippen LogP contribution in [0.25, 0.3) is 0 Å². The highest BCUT2D eigenvalue weighted by atomic mass is 35.5. The number of hydrogen-bond donors (Lipinski definition) is 1. The lowest BCUT2D eigenvalue weighted by Gasteiger charge is -2.49. The first-order valence-electron chi connectivity index (χ1n) is 6.65. The molecule has 1 aliphatic carbocycles. The predicted molar refractivity (Wildman–Crippen MR) is 74.6 cm³/mol. The van der Waals surface area contributed by atoms with Gasteiger partial charge < -0.3 is 5.32 Å². The molecule has 0 bridgehead atoms. The van der Waals surface area contributed by atoms with E-state index >= 15 is 0 Å². The Labute approximate surface area is 114 Å². The lowest BCUT2D eigenvalue weighted by atomic mass is 9.57. The number of nitrogens with one attached hydrogen (secondary N) is 1. The Morgan fingerprint density at radius 2 is 2.22 bits per heavy atom. The van der Waals surface area contributed by atoms with Gasteiger partial charge in [0.2, 0.25) is 0 Å². The van der Waals surface area contributed by atoms with Crippen LogP contribution in [0.5, 0.6) is 0 Å². The molecule has 18 heavy (non-hydrogen) atoms. The summed E-state index contributed by atoms with van der Waals surface area (Å²) in [7, 11) is 0. The first-order chi connectivity index (χ1) is 8.47. The quantitative estimate of drug-likeness (QED) is 0.866. The molecule has 2 unspecified atom stereocenters. The van der Waals surface area contributed by atoms with Gasteiger partial charge in [-0.15, -0.1) is 0 Å². The second-order valence-corrected chi connectivity index (χ2v) is 6.14. The summed E-state index contributed by atoms with van der Waals surface area (Å²) in [6.07, 6.45) is 2.19. The molecule has 0 amide bonds. The highest BCUT2D eigenvalue weighted by Gasteiger charge is 2.46. The van der Waals surface area contributed by atoms with Crippen molar-refractivity contribution < 1.29 is 4.39 Å². The van der Waals surface area contributed by atoms with Gasteiger partial charge in [0.15, 0.2) is 0 Å². The van der Waals surface area contributed by atoms with E-state index in [1.54, 1.807) is 6.07 Å². The third kappa shape index (κ3) is 2.28. The molecule has 2 rings (SSSR count). The van der Waals surface area contributed by atoms with E-state index < -0.39 is 0 Å². The fourth-order valence-corrected chi connectivity index (χ4v) is 2.99. The maximum Gasteiger partial charge on any atom is 0.145 e. The van der Waals surface area contributed by atoms with Crippen molar-refractivity contribution in [2.45, 2.75) is 45.1 Å².